The lowest BCUT2D eigenvalue weighted by Gasteiger charge is -2.35. The number of hydrogen-bond acceptors (Lipinski definition) is 4. The molecule has 1 unspecified atom stereocenters. The summed E-state index contributed by atoms with van der Waals surface area (Å²) in [7, 11) is 3.36. The number of nitrogens with zero attached hydrogens (tertiary/aromatic N) is 2. The van der Waals surface area contributed by atoms with Gasteiger partial charge in [-0.1, -0.05) is 0 Å². The molecule has 122 valence electrons. The Morgan fingerprint density at radius 1 is 1.39 bits per heavy atom. The van der Waals surface area contributed by atoms with Crippen molar-refractivity contribution in [3.63, 3.8) is 0 Å². The molecule has 2 aromatic rings. The SMILES string of the molecule is COc1coc(C(=O)N2CCCCC2c2cccn2C)cc1=O. The van der Waals surface area contributed by atoms with Crippen molar-refractivity contribution in [1.29, 1.82) is 0 Å². The number of aryl methyl sites for hydroxylation is 1. The zero-order chi connectivity index (χ0) is 16.4. The lowest BCUT2D eigenvalue weighted by Crippen LogP contribution is -2.39. The quantitative estimate of drug-likeness (QED) is 0.872. The van der Waals surface area contributed by atoms with Gasteiger partial charge in [0.1, 0.15) is 6.26 Å². The van der Waals surface area contributed by atoms with Gasteiger partial charge in [0.25, 0.3) is 5.91 Å². The summed E-state index contributed by atoms with van der Waals surface area (Å²) < 4.78 is 12.2. The van der Waals surface area contributed by atoms with Crippen LogP contribution in [0.15, 0.2) is 39.9 Å². The van der Waals surface area contributed by atoms with Crippen molar-refractivity contribution in [3.8, 4) is 5.75 Å². The molecule has 1 fully saturated rings. The van der Waals surface area contributed by atoms with Crippen LogP contribution >= 0.6 is 0 Å². The summed E-state index contributed by atoms with van der Waals surface area (Å²) in [6.07, 6.45) is 6.10. The number of ether oxygens (including phenoxy) is 1. The number of rotatable bonds is 3. The van der Waals surface area contributed by atoms with E-state index in [2.05, 4.69) is 0 Å². The molecule has 3 heterocycles. The molecule has 1 saturated heterocycles. The highest BCUT2D eigenvalue weighted by atomic mass is 16.5. The Hall–Kier alpha value is -2.50. The van der Waals surface area contributed by atoms with Gasteiger partial charge in [0.2, 0.25) is 11.2 Å². The summed E-state index contributed by atoms with van der Waals surface area (Å²) in [6.45, 7) is 0.657. The maximum absolute atomic E-state index is 12.8. The summed E-state index contributed by atoms with van der Waals surface area (Å²) in [5.41, 5.74) is 0.739. The van der Waals surface area contributed by atoms with Crippen molar-refractivity contribution in [2.24, 2.45) is 7.05 Å². The van der Waals surface area contributed by atoms with E-state index in [4.69, 9.17) is 9.15 Å². The number of amides is 1. The molecule has 2 aromatic heterocycles. The van der Waals surface area contributed by atoms with E-state index in [1.807, 2.05) is 29.9 Å². The molecule has 3 rings (SSSR count). The van der Waals surface area contributed by atoms with E-state index in [1.165, 1.54) is 19.4 Å². The Morgan fingerprint density at radius 3 is 2.87 bits per heavy atom. The molecule has 0 saturated carbocycles. The number of piperidine rings is 1. The van der Waals surface area contributed by atoms with Crippen molar-refractivity contribution in [3.05, 3.63) is 52.3 Å². The van der Waals surface area contributed by atoms with Gasteiger partial charge in [0.05, 0.1) is 13.2 Å². The minimum Gasteiger partial charge on any atom is -0.490 e. The van der Waals surface area contributed by atoms with Crippen LogP contribution in [0.2, 0.25) is 0 Å². The van der Waals surface area contributed by atoms with Crippen LogP contribution in [0, 0.1) is 0 Å². The second-order valence-electron chi connectivity index (χ2n) is 5.73. The fraction of sp³-hybridized carbons (Fsp3) is 0.412. The second kappa shape index (κ2) is 6.32. The maximum atomic E-state index is 12.8. The van der Waals surface area contributed by atoms with E-state index in [0.29, 0.717) is 6.54 Å². The van der Waals surface area contributed by atoms with Gasteiger partial charge in [-0.25, -0.2) is 0 Å². The maximum Gasteiger partial charge on any atom is 0.290 e. The number of carbonyl (C=O) groups is 1. The van der Waals surface area contributed by atoms with Crippen molar-refractivity contribution >= 4 is 5.91 Å². The first-order valence-electron chi connectivity index (χ1n) is 7.71. The first-order valence-corrected chi connectivity index (χ1v) is 7.71. The highest BCUT2D eigenvalue weighted by molar-refractivity contribution is 5.91. The van der Waals surface area contributed by atoms with Gasteiger partial charge in [0, 0.05) is 31.5 Å². The van der Waals surface area contributed by atoms with Crippen LogP contribution < -0.4 is 10.2 Å². The minimum absolute atomic E-state index is 0.00338. The molecule has 0 N–H and O–H groups in total. The minimum atomic E-state index is -0.352. The van der Waals surface area contributed by atoms with Crippen molar-refractivity contribution < 1.29 is 13.9 Å². The summed E-state index contributed by atoms with van der Waals surface area (Å²) in [4.78, 5) is 26.5. The van der Waals surface area contributed by atoms with Gasteiger partial charge in [0.15, 0.2) is 5.76 Å². The predicted molar refractivity (Wildman–Crippen MR) is 84.6 cm³/mol. The number of hydrogen-bond donors (Lipinski definition) is 0. The summed E-state index contributed by atoms with van der Waals surface area (Å²) >= 11 is 0. The predicted octanol–water partition coefficient (Wildman–Crippen LogP) is 2.35. The van der Waals surface area contributed by atoms with E-state index < -0.39 is 0 Å². The molecular formula is C17H20N2O4. The molecule has 0 aromatic carbocycles. The van der Waals surface area contributed by atoms with Gasteiger partial charge in [-0.15, -0.1) is 0 Å². The Kier molecular flexibility index (Phi) is 4.23. The van der Waals surface area contributed by atoms with Crippen molar-refractivity contribution in [2.75, 3.05) is 13.7 Å². The third kappa shape index (κ3) is 2.88. The van der Waals surface area contributed by atoms with E-state index in [1.54, 1.807) is 4.90 Å². The van der Waals surface area contributed by atoms with Gasteiger partial charge >= 0.3 is 0 Å². The van der Waals surface area contributed by atoms with Crippen molar-refractivity contribution in [2.45, 2.75) is 25.3 Å². The molecule has 23 heavy (non-hydrogen) atoms. The molecule has 1 atom stereocenters. The molecule has 1 aliphatic heterocycles. The third-order valence-electron chi connectivity index (χ3n) is 4.32. The molecule has 0 spiro atoms. The highest BCUT2D eigenvalue weighted by Gasteiger charge is 2.31. The third-order valence-corrected chi connectivity index (χ3v) is 4.32. The van der Waals surface area contributed by atoms with E-state index in [9.17, 15) is 9.59 Å². The molecule has 6 nitrogen and oxygen atoms in total. The highest BCUT2D eigenvalue weighted by Crippen LogP contribution is 2.32. The van der Waals surface area contributed by atoms with Crippen LogP contribution in [0.5, 0.6) is 5.75 Å². The second-order valence-corrected chi connectivity index (χ2v) is 5.73. The normalized spacial score (nSPS) is 18.0. The Bertz CT molecular complexity index is 762. The average Bonchev–Trinajstić information content (AvgIpc) is 3.00. The van der Waals surface area contributed by atoms with Crippen LogP contribution in [0.3, 0.4) is 0 Å². The number of carbonyl (C=O) groups excluding carboxylic acids is 1. The largest absolute Gasteiger partial charge is 0.490 e. The molecule has 1 aliphatic rings. The van der Waals surface area contributed by atoms with Gasteiger partial charge < -0.3 is 18.6 Å². The first kappa shape index (κ1) is 15.4. The average molecular weight is 316 g/mol. The van der Waals surface area contributed by atoms with Crippen LogP contribution in [0.4, 0.5) is 0 Å². The summed E-state index contributed by atoms with van der Waals surface area (Å²) in [5, 5.41) is 0. The monoisotopic (exact) mass is 316 g/mol. The van der Waals surface area contributed by atoms with Crippen LogP contribution in [0.1, 0.15) is 41.6 Å². The molecule has 6 heteroatoms. The molecule has 0 aliphatic carbocycles. The van der Waals surface area contributed by atoms with E-state index in [-0.39, 0.29) is 28.9 Å². The Morgan fingerprint density at radius 2 is 2.22 bits per heavy atom. The fourth-order valence-electron chi connectivity index (χ4n) is 3.10. The number of methoxy groups -OCH3 is 1. The summed E-state index contributed by atoms with van der Waals surface area (Å²) in [6, 6.07) is 5.21. The van der Waals surface area contributed by atoms with Crippen molar-refractivity contribution in [1.82, 2.24) is 9.47 Å². The fourth-order valence-corrected chi connectivity index (χ4v) is 3.10. The zero-order valence-corrected chi connectivity index (χ0v) is 13.3. The van der Waals surface area contributed by atoms with E-state index in [0.717, 1.165) is 25.0 Å². The summed E-state index contributed by atoms with van der Waals surface area (Å²) in [5.74, 6) is -0.105. The molecule has 1 amide bonds. The molecular weight excluding hydrogens is 296 g/mol. The molecule has 0 bridgehead atoms. The van der Waals surface area contributed by atoms with Gasteiger partial charge in [-0.2, -0.15) is 0 Å². The zero-order valence-electron chi connectivity index (χ0n) is 13.3. The number of likely N-dealkylation sites (tertiary alicyclic amines) is 1. The van der Waals surface area contributed by atoms with Gasteiger partial charge in [-0.05, 0) is 31.4 Å². The lowest BCUT2D eigenvalue weighted by molar-refractivity contribution is 0.0566. The topological polar surface area (TPSA) is 64.7 Å². The van der Waals surface area contributed by atoms with Gasteiger partial charge in [-0.3, -0.25) is 9.59 Å². The Labute approximate surface area is 134 Å². The van der Waals surface area contributed by atoms with E-state index >= 15 is 0 Å². The number of aromatic nitrogens is 1. The van der Waals surface area contributed by atoms with Crippen LogP contribution in [-0.2, 0) is 7.05 Å². The first-order chi connectivity index (χ1) is 11.1. The standard InChI is InChI=1S/C17H20N2O4/c1-18-8-5-7-12(18)13-6-3-4-9-19(13)17(21)15-10-14(20)16(22-2)11-23-15/h5,7-8,10-11,13H,3-4,6,9H2,1-2H3. The lowest BCUT2D eigenvalue weighted by atomic mass is 9.99. The smallest absolute Gasteiger partial charge is 0.290 e. The van der Waals surface area contributed by atoms with Crippen LogP contribution in [-0.4, -0.2) is 29.0 Å². The van der Waals surface area contributed by atoms with Crippen LogP contribution in [0.25, 0.3) is 0 Å². The molecule has 0 radical (unpaired) electrons. The Balaban J connectivity index is 1.91.